The summed E-state index contributed by atoms with van der Waals surface area (Å²) in [5.74, 6) is 0.584. The zero-order valence-corrected chi connectivity index (χ0v) is 9.98. The zero-order chi connectivity index (χ0) is 12.1. The number of carboxylic acids is 1. The molecular weight excluding hydrogens is 206 g/mol. The third-order valence-electron chi connectivity index (χ3n) is 3.42. The third-order valence-corrected chi connectivity index (χ3v) is 3.42. The number of hydrogen-bond acceptors (Lipinski definition) is 3. The van der Waals surface area contributed by atoms with Crippen LogP contribution in [0.5, 0.6) is 0 Å². The summed E-state index contributed by atoms with van der Waals surface area (Å²) in [7, 11) is 0. The van der Waals surface area contributed by atoms with Gasteiger partial charge in [0.05, 0.1) is 5.92 Å². The van der Waals surface area contributed by atoms with Gasteiger partial charge in [-0.3, -0.25) is 9.89 Å². The Morgan fingerprint density at radius 3 is 2.50 bits per heavy atom. The lowest BCUT2D eigenvalue weighted by atomic mass is 10.1. The molecule has 1 aromatic rings. The Kier molecular flexibility index (Phi) is 2.29. The Labute approximate surface area is 94.3 Å². The molecule has 5 nitrogen and oxygen atoms in total. The minimum atomic E-state index is -0.752. The first-order valence-corrected chi connectivity index (χ1v) is 5.50. The van der Waals surface area contributed by atoms with Crippen molar-refractivity contribution in [1.82, 2.24) is 15.2 Å². The fraction of sp³-hybridized carbons (Fsp3) is 0.727. The van der Waals surface area contributed by atoms with E-state index in [1.165, 1.54) is 0 Å². The molecule has 1 aliphatic carbocycles. The van der Waals surface area contributed by atoms with E-state index < -0.39 is 5.97 Å². The largest absolute Gasteiger partial charge is 0.481 e. The molecule has 0 spiro atoms. The van der Waals surface area contributed by atoms with Crippen LogP contribution in [0.4, 0.5) is 0 Å². The highest BCUT2D eigenvalue weighted by atomic mass is 16.4. The van der Waals surface area contributed by atoms with Crippen LogP contribution >= 0.6 is 0 Å². The molecule has 0 bridgehead atoms. The Balaban J connectivity index is 2.23. The predicted molar refractivity (Wildman–Crippen MR) is 58.1 cm³/mol. The lowest BCUT2D eigenvalue weighted by molar-refractivity contribution is -0.139. The van der Waals surface area contributed by atoms with Gasteiger partial charge >= 0.3 is 5.97 Å². The molecule has 1 heterocycles. The molecule has 0 saturated heterocycles. The smallest absolute Gasteiger partial charge is 0.307 e. The number of aromatic amines is 1. The maximum atomic E-state index is 11.0. The van der Waals surface area contributed by atoms with Gasteiger partial charge in [0.2, 0.25) is 0 Å². The molecule has 2 unspecified atom stereocenters. The minimum absolute atomic E-state index is 0.0370. The average molecular weight is 223 g/mol. The van der Waals surface area contributed by atoms with E-state index in [2.05, 4.69) is 15.2 Å². The molecule has 0 aromatic carbocycles. The molecular formula is C11H17N3O2. The van der Waals surface area contributed by atoms with Gasteiger partial charge in [-0.25, -0.2) is 4.98 Å². The van der Waals surface area contributed by atoms with Gasteiger partial charge in [-0.2, -0.15) is 5.10 Å². The number of nitrogens with one attached hydrogen (secondary N) is 1. The van der Waals surface area contributed by atoms with E-state index in [1.54, 1.807) is 0 Å². The summed E-state index contributed by atoms with van der Waals surface area (Å²) < 4.78 is 0. The minimum Gasteiger partial charge on any atom is -0.481 e. The fourth-order valence-electron chi connectivity index (χ4n) is 2.29. The van der Waals surface area contributed by atoms with Crippen molar-refractivity contribution in [1.29, 1.82) is 0 Å². The number of carbonyl (C=O) groups is 1. The van der Waals surface area contributed by atoms with Crippen LogP contribution in [0.3, 0.4) is 0 Å². The number of rotatable bonds is 3. The van der Waals surface area contributed by atoms with Crippen molar-refractivity contribution in [2.45, 2.75) is 39.5 Å². The third kappa shape index (κ3) is 1.50. The van der Waals surface area contributed by atoms with Gasteiger partial charge in [0, 0.05) is 11.8 Å². The zero-order valence-electron chi connectivity index (χ0n) is 9.98. The van der Waals surface area contributed by atoms with E-state index in [4.69, 9.17) is 5.11 Å². The summed E-state index contributed by atoms with van der Waals surface area (Å²) in [6.07, 6.45) is 0. The van der Waals surface area contributed by atoms with E-state index >= 15 is 0 Å². The molecule has 1 aromatic heterocycles. The average Bonchev–Trinajstić information content (AvgIpc) is 2.60. The van der Waals surface area contributed by atoms with Crippen LogP contribution in [0.25, 0.3) is 0 Å². The van der Waals surface area contributed by atoms with Gasteiger partial charge in [-0.15, -0.1) is 0 Å². The van der Waals surface area contributed by atoms with Crippen LogP contribution in [0.2, 0.25) is 0 Å². The molecule has 0 radical (unpaired) electrons. The second kappa shape index (κ2) is 3.30. The molecule has 2 atom stereocenters. The quantitative estimate of drug-likeness (QED) is 0.818. The summed E-state index contributed by atoms with van der Waals surface area (Å²) in [5.41, 5.74) is -0.223. The van der Waals surface area contributed by atoms with E-state index in [-0.39, 0.29) is 23.2 Å². The summed E-state index contributed by atoms with van der Waals surface area (Å²) in [4.78, 5) is 15.4. The number of aromatic nitrogens is 3. The van der Waals surface area contributed by atoms with Gasteiger partial charge in [0.1, 0.15) is 5.82 Å². The first-order chi connectivity index (χ1) is 7.35. The van der Waals surface area contributed by atoms with Crippen molar-refractivity contribution >= 4 is 5.97 Å². The van der Waals surface area contributed by atoms with Crippen molar-refractivity contribution in [3.63, 3.8) is 0 Å². The van der Waals surface area contributed by atoms with Crippen molar-refractivity contribution in [3.8, 4) is 0 Å². The summed E-state index contributed by atoms with van der Waals surface area (Å²) >= 11 is 0. The molecule has 88 valence electrons. The number of hydrogen-bond donors (Lipinski definition) is 2. The van der Waals surface area contributed by atoms with Gasteiger partial charge in [0.25, 0.3) is 0 Å². The van der Waals surface area contributed by atoms with Gasteiger partial charge in [-0.05, 0) is 5.41 Å². The predicted octanol–water partition coefficient (Wildman–Crippen LogP) is 1.75. The molecule has 1 aliphatic rings. The molecule has 0 amide bonds. The van der Waals surface area contributed by atoms with Crippen LogP contribution in [0.15, 0.2) is 0 Å². The normalized spacial score (nSPS) is 27.1. The van der Waals surface area contributed by atoms with Crippen LogP contribution in [0.1, 0.15) is 51.2 Å². The highest BCUT2D eigenvalue weighted by Gasteiger charge is 2.64. The van der Waals surface area contributed by atoms with E-state index in [0.717, 1.165) is 5.82 Å². The SMILES string of the molecule is CC(C)c1n[nH]c(C2C(C(=O)O)C2(C)C)n1. The number of aliphatic carboxylic acids is 1. The monoisotopic (exact) mass is 223 g/mol. The first-order valence-electron chi connectivity index (χ1n) is 5.50. The van der Waals surface area contributed by atoms with Gasteiger partial charge in [-0.1, -0.05) is 27.7 Å². The van der Waals surface area contributed by atoms with E-state index in [9.17, 15) is 4.79 Å². The molecule has 2 N–H and O–H groups in total. The lowest BCUT2D eigenvalue weighted by Crippen LogP contribution is -2.03. The molecule has 5 heteroatoms. The van der Waals surface area contributed by atoms with E-state index in [0.29, 0.717) is 5.82 Å². The molecule has 2 rings (SSSR count). The van der Waals surface area contributed by atoms with Gasteiger partial charge < -0.3 is 5.11 Å². The maximum absolute atomic E-state index is 11.0. The van der Waals surface area contributed by atoms with Crippen LogP contribution < -0.4 is 0 Å². The van der Waals surface area contributed by atoms with E-state index in [1.807, 2.05) is 27.7 Å². The van der Waals surface area contributed by atoms with Crippen LogP contribution in [0, 0.1) is 11.3 Å². The summed E-state index contributed by atoms with van der Waals surface area (Å²) in [6.45, 7) is 7.93. The standard InChI is InChI=1S/C11H17N3O2/c1-5(2)8-12-9(14-13-8)6-7(10(15)16)11(6,3)4/h5-7H,1-4H3,(H,15,16)(H,12,13,14). The lowest BCUT2D eigenvalue weighted by Gasteiger charge is -1.97. The molecule has 16 heavy (non-hydrogen) atoms. The second-order valence-corrected chi connectivity index (χ2v) is 5.35. The fourth-order valence-corrected chi connectivity index (χ4v) is 2.29. The number of nitrogens with zero attached hydrogens (tertiary/aromatic N) is 2. The van der Waals surface area contributed by atoms with Gasteiger partial charge in [0.15, 0.2) is 5.82 Å². The molecule has 0 aliphatic heterocycles. The Morgan fingerprint density at radius 2 is 2.12 bits per heavy atom. The number of carboxylic acid groups (broad SMARTS) is 1. The van der Waals surface area contributed by atoms with Crippen molar-refractivity contribution in [2.75, 3.05) is 0 Å². The highest BCUT2D eigenvalue weighted by Crippen LogP contribution is 2.63. The Hall–Kier alpha value is -1.39. The van der Waals surface area contributed by atoms with Crippen molar-refractivity contribution in [2.24, 2.45) is 11.3 Å². The van der Waals surface area contributed by atoms with Crippen molar-refractivity contribution < 1.29 is 9.90 Å². The Bertz CT molecular complexity index is 423. The second-order valence-electron chi connectivity index (χ2n) is 5.35. The summed E-state index contributed by atoms with van der Waals surface area (Å²) in [6, 6.07) is 0. The molecule has 1 fully saturated rings. The summed E-state index contributed by atoms with van der Waals surface area (Å²) in [5, 5.41) is 16.0. The van der Waals surface area contributed by atoms with Crippen molar-refractivity contribution in [3.05, 3.63) is 11.6 Å². The van der Waals surface area contributed by atoms with Crippen LogP contribution in [-0.4, -0.2) is 26.3 Å². The maximum Gasteiger partial charge on any atom is 0.307 e. The number of H-pyrrole nitrogens is 1. The topological polar surface area (TPSA) is 78.9 Å². The molecule has 1 saturated carbocycles. The highest BCUT2D eigenvalue weighted by molar-refractivity contribution is 5.77. The Morgan fingerprint density at radius 1 is 1.50 bits per heavy atom. The van der Waals surface area contributed by atoms with Crippen LogP contribution in [-0.2, 0) is 4.79 Å². The first kappa shape index (κ1) is 11.1.